The average molecular weight is 466 g/mol. The Morgan fingerprint density at radius 3 is 2.85 bits per heavy atom. The van der Waals surface area contributed by atoms with Crippen molar-refractivity contribution in [1.82, 2.24) is 4.98 Å². The normalized spacial score (nSPS) is 12.7. The number of thiazole rings is 1. The van der Waals surface area contributed by atoms with E-state index >= 15 is 0 Å². The van der Waals surface area contributed by atoms with Crippen LogP contribution in [0.1, 0.15) is 28.7 Å². The van der Waals surface area contributed by atoms with Crippen LogP contribution in [0.2, 0.25) is 0 Å². The number of hydrogen-bond donors (Lipinski definition) is 1. The smallest absolute Gasteiger partial charge is 0.339 e. The number of anilines is 2. The monoisotopic (exact) mass is 465 g/mol. The first kappa shape index (κ1) is 22.5. The van der Waals surface area contributed by atoms with E-state index < -0.39 is 11.9 Å². The molecule has 1 N–H and O–H groups in total. The number of nitrogens with zero attached hydrogens (tertiary/aromatic N) is 2. The molecule has 8 nitrogen and oxygen atoms in total. The molecule has 0 fully saturated rings. The molecule has 2 amide bonds. The van der Waals surface area contributed by atoms with Crippen LogP contribution in [0.25, 0.3) is 11.3 Å². The zero-order valence-electron chi connectivity index (χ0n) is 18.3. The van der Waals surface area contributed by atoms with Gasteiger partial charge in [0.1, 0.15) is 12.3 Å². The molecule has 0 saturated carbocycles. The van der Waals surface area contributed by atoms with Gasteiger partial charge in [-0.1, -0.05) is 19.1 Å². The summed E-state index contributed by atoms with van der Waals surface area (Å²) in [5.74, 6) is -0.822. The standard InChI is InChI=1S/C24H23N3O5S/c1-3-6-22-26-18(14-33-22)15-9-10-20-19(11-15)27(23(29)13-32-20)12-21(28)25-17-8-5-4-7-16(17)24(30)31-2/h4-5,7-11,14H,3,6,12-13H2,1-2H3,(H,25,28). The quantitative estimate of drug-likeness (QED) is 0.531. The van der Waals surface area contributed by atoms with E-state index in [4.69, 9.17) is 9.47 Å². The van der Waals surface area contributed by atoms with E-state index in [9.17, 15) is 14.4 Å². The number of aromatic nitrogens is 1. The third-order valence-electron chi connectivity index (χ3n) is 5.12. The molecule has 170 valence electrons. The lowest BCUT2D eigenvalue weighted by Gasteiger charge is -2.29. The molecule has 0 saturated heterocycles. The minimum atomic E-state index is -0.561. The molecular formula is C24H23N3O5S. The van der Waals surface area contributed by atoms with Crippen LogP contribution in [0.15, 0.2) is 47.8 Å². The van der Waals surface area contributed by atoms with Crippen LogP contribution < -0.4 is 15.0 Å². The predicted molar refractivity (Wildman–Crippen MR) is 126 cm³/mol. The van der Waals surface area contributed by atoms with Crippen LogP contribution in [0.5, 0.6) is 5.75 Å². The number of rotatable bonds is 7. The van der Waals surface area contributed by atoms with Crippen molar-refractivity contribution in [1.29, 1.82) is 0 Å². The lowest BCUT2D eigenvalue weighted by Crippen LogP contribution is -2.43. The van der Waals surface area contributed by atoms with Gasteiger partial charge in [0.2, 0.25) is 5.91 Å². The maximum Gasteiger partial charge on any atom is 0.339 e. The molecule has 0 atom stereocenters. The van der Waals surface area contributed by atoms with Crippen molar-refractivity contribution in [3.8, 4) is 17.0 Å². The highest BCUT2D eigenvalue weighted by molar-refractivity contribution is 7.09. The fourth-order valence-corrected chi connectivity index (χ4v) is 4.43. The van der Waals surface area contributed by atoms with Crippen LogP contribution in [0, 0.1) is 0 Å². The van der Waals surface area contributed by atoms with E-state index in [0.717, 1.165) is 29.1 Å². The molecule has 0 bridgehead atoms. The highest BCUT2D eigenvalue weighted by Crippen LogP contribution is 2.36. The minimum absolute atomic E-state index is 0.157. The summed E-state index contributed by atoms with van der Waals surface area (Å²) in [6.07, 6.45) is 1.93. The van der Waals surface area contributed by atoms with Gasteiger partial charge < -0.3 is 14.8 Å². The van der Waals surface area contributed by atoms with E-state index in [1.54, 1.807) is 41.7 Å². The second-order valence-corrected chi connectivity index (χ2v) is 8.36. The Hall–Kier alpha value is -3.72. The molecule has 3 aromatic rings. The van der Waals surface area contributed by atoms with Gasteiger partial charge >= 0.3 is 5.97 Å². The first-order valence-electron chi connectivity index (χ1n) is 10.5. The minimum Gasteiger partial charge on any atom is -0.482 e. The Labute approximate surface area is 195 Å². The summed E-state index contributed by atoms with van der Waals surface area (Å²) in [4.78, 5) is 43.5. The number of carbonyl (C=O) groups excluding carboxylic acids is 3. The van der Waals surface area contributed by atoms with Gasteiger partial charge in [0, 0.05) is 10.9 Å². The number of esters is 1. The number of carbonyl (C=O) groups is 3. The van der Waals surface area contributed by atoms with Crippen molar-refractivity contribution in [3.05, 3.63) is 58.4 Å². The van der Waals surface area contributed by atoms with Crippen molar-refractivity contribution in [2.24, 2.45) is 0 Å². The van der Waals surface area contributed by atoms with Gasteiger partial charge in [-0.15, -0.1) is 11.3 Å². The molecule has 0 aliphatic carbocycles. The summed E-state index contributed by atoms with van der Waals surface area (Å²) >= 11 is 1.60. The maximum absolute atomic E-state index is 12.8. The highest BCUT2D eigenvalue weighted by atomic mass is 32.1. The maximum atomic E-state index is 12.8. The van der Waals surface area contributed by atoms with E-state index in [0.29, 0.717) is 17.1 Å². The Bertz CT molecular complexity index is 1210. The summed E-state index contributed by atoms with van der Waals surface area (Å²) in [5.41, 5.74) is 2.71. The van der Waals surface area contributed by atoms with Gasteiger partial charge in [-0.2, -0.15) is 0 Å². The van der Waals surface area contributed by atoms with Crippen molar-refractivity contribution in [2.75, 3.05) is 30.5 Å². The van der Waals surface area contributed by atoms with E-state index in [2.05, 4.69) is 17.2 Å². The Kier molecular flexibility index (Phi) is 6.69. The molecule has 1 aliphatic rings. The molecule has 4 rings (SSSR count). The molecule has 0 unspecified atom stereocenters. The number of benzene rings is 2. The second kappa shape index (κ2) is 9.83. The van der Waals surface area contributed by atoms with Crippen LogP contribution in [-0.4, -0.2) is 43.0 Å². The zero-order valence-corrected chi connectivity index (χ0v) is 19.1. The van der Waals surface area contributed by atoms with E-state index in [1.165, 1.54) is 12.0 Å². The number of aryl methyl sites for hydroxylation is 1. The predicted octanol–water partition coefficient (Wildman–Crippen LogP) is 3.91. The first-order chi connectivity index (χ1) is 16.0. The van der Waals surface area contributed by atoms with E-state index in [-0.39, 0.29) is 24.6 Å². The van der Waals surface area contributed by atoms with Crippen molar-refractivity contribution in [2.45, 2.75) is 19.8 Å². The van der Waals surface area contributed by atoms with Gasteiger partial charge in [0.15, 0.2) is 6.61 Å². The Morgan fingerprint density at radius 2 is 2.06 bits per heavy atom. The molecule has 1 aliphatic heterocycles. The molecule has 9 heteroatoms. The third-order valence-corrected chi connectivity index (χ3v) is 6.03. The highest BCUT2D eigenvalue weighted by Gasteiger charge is 2.28. The summed E-state index contributed by atoms with van der Waals surface area (Å²) in [5, 5.41) is 5.74. The van der Waals surface area contributed by atoms with E-state index in [1.807, 2.05) is 17.5 Å². The molecule has 33 heavy (non-hydrogen) atoms. The number of para-hydroxylation sites is 1. The molecule has 0 spiro atoms. The summed E-state index contributed by atoms with van der Waals surface area (Å²) in [7, 11) is 1.27. The Morgan fingerprint density at radius 1 is 1.24 bits per heavy atom. The van der Waals surface area contributed by atoms with Crippen molar-refractivity contribution < 1.29 is 23.9 Å². The molecule has 0 radical (unpaired) electrons. The second-order valence-electron chi connectivity index (χ2n) is 7.41. The van der Waals surface area contributed by atoms with Gasteiger partial charge in [-0.3, -0.25) is 14.5 Å². The fraction of sp³-hybridized carbons (Fsp3) is 0.250. The largest absolute Gasteiger partial charge is 0.482 e. The molecular weight excluding hydrogens is 442 g/mol. The molecule has 2 heterocycles. The number of fused-ring (bicyclic) bond motifs is 1. The van der Waals surface area contributed by atoms with Crippen LogP contribution >= 0.6 is 11.3 Å². The van der Waals surface area contributed by atoms with Crippen molar-refractivity contribution >= 4 is 40.5 Å². The first-order valence-corrected chi connectivity index (χ1v) is 11.4. The topological polar surface area (TPSA) is 97.8 Å². The number of ether oxygens (including phenoxy) is 2. The van der Waals surface area contributed by atoms with Crippen molar-refractivity contribution in [3.63, 3.8) is 0 Å². The summed E-state index contributed by atoms with van der Waals surface area (Å²) in [6, 6.07) is 12.0. The van der Waals surface area contributed by atoms with Gasteiger partial charge in [0.05, 0.1) is 34.7 Å². The van der Waals surface area contributed by atoms with Crippen LogP contribution in [0.3, 0.4) is 0 Å². The SMILES string of the molecule is CCCc1nc(-c2ccc3c(c2)N(CC(=O)Nc2ccccc2C(=O)OC)C(=O)CO3)cs1. The molecule has 2 aromatic carbocycles. The molecule has 1 aromatic heterocycles. The number of nitrogens with one attached hydrogen (secondary N) is 1. The average Bonchev–Trinajstić information content (AvgIpc) is 3.29. The van der Waals surface area contributed by atoms with Crippen LogP contribution in [0.4, 0.5) is 11.4 Å². The number of methoxy groups -OCH3 is 1. The van der Waals surface area contributed by atoms with Gasteiger partial charge in [-0.05, 0) is 43.2 Å². The zero-order chi connectivity index (χ0) is 23.4. The Balaban J connectivity index is 1.57. The number of amides is 2. The lowest BCUT2D eigenvalue weighted by atomic mass is 10.1. The summed E-state index contributed by atoms with van der Waals surface area (Å²) in [6.45, 7) is 1.72. The van der Waals surface area contributed by atoms with Gasteiger partial charge in [-0.25, -0.2) is 9.78 Å². The third kappa shape index (κ3) is 4.88. The summed E-state index contributed by atoms with van der Waals surface area (Å²) < 4.78 is 10.3. The van der Waals surface area contributed by atoms with Crippen LogP contribution in [-0.2, 0) is 20.7 Å². The lowest BCUT2D eigenvalue weighted by molar-refractivity contribution is -0.123. The number of hydrogen-bond acceptors (Lipinski definition) is 7. The fourth-order valence-electron chi connectivity index (χ4n) is 3.52. The van der Waals surface area contributed by atoms with Gasteiger partial charge in [0.25, 0.3) is 5.91 Å².